The molecule has 0 aliphatic carbocycles. The topological polar surface area (TPSA) is 72.9 Å². The van der Waals surface area contributed by atoms with Crippen molar-refractivity contribution in [3.05, 3.63) is 54.1 Å². The van der Waals surface area contributed by atoms with Gasteiger partial charge in [0.1, 0.15) is 0 Å². The monoisotopic (exact) mass is 346 g/mol. The molecule has 2 rings (SSSR count). The minimum atomic E-state index is -0.581. The summed E-state index contributed by atoms with van der Waals surface area (Å²) in [6.45, 7) is 5.55. The third kappa shape index (κ3) is 5.69. The van der Waals surface area contributed by atoms with Gasteiger partial charge in [-0.25, -0.2) is 4.98 Å². The second-order valence-corrected chi connectivity index (χ2v) is 8.03. The molecule has 0 aliphatic rings. The molecule has 0 saturated heterocycles. The van der Waals surface area contributed by atoms with Crippen LogP contribution in [0.15, 0.2) is 42.9 Å². The minimum Gasteiger partial charge on any atom is -0.353 e. The zero-order valence-corrected chi connectivity index (χ0v) is 15.3. The lowest BCUT2D eigenvalue weighted by molar-refractivity contribution is -0.122. The number of carbonyl (C=O) groups is 1. The molecule has 1 aromatic carbocycles. The summed E-state index contributed by atoms with van der Waals surface area (Å²) in [4.78, 5) is 16.5. The van der Waals surface area contributed by atoms with Crippen LogP contribution in [0.2, 0.25) is 0 Å². The van der Waals surface area contributed by atoms with Crippen molar-refractivity contribution in [2.24, 2.45) is 5.73 Å². The number of thioether (sulfide) groups is 1. The van der Waals surface area contributed by atoms with Gasteiger partial charge in [0, 0.05) is 30.5 Å². The van der Waals surface area contributed by atoms with Crippen molar-refractivity contribution >= 4 is 17.7 Å². The lowest BCUT2D eigenvalue weighted by atomic mass is 10.1. The molecule has 130 valence electrons. The van der Waals surface area contributed by atoms with Crippen LogP contribution in [-0.4, -0.2) is 39.0 Å². The summed E-state index contributed by atoms with van der Waals surface area (Å²) in [5, 5.41) is 2.92. The highest BCUT2D eigenvalue weighted by atomic mass is 32.2. The van der Waals surface area contributed by atoms with Gasteiger partial charge in [0.25, 0.3) is 0 Å². The Morgan fingerprint density at radius 3 is 2.75 bits per heavy atom. The maximum absolute atomic E-state index is 12.1. The third-order valence-corrected chi connectivity index (χ3v) is 5.15. The van der Waals surface area contributed by atoms with Crippen LogP contribution in [0.25, 0.3) is 0 Å². The number of imidazole rings is 1. The summed E-state index contributed by atoms with van der Waals surface area (Å²) in [6, 6.07) is 9.60. The first-order chi connectivity index (χ1) is 11.4. The maximum Gasteiger partial charge on any atom is 0.237 e. The van der Waals surface area contributed by atoms with Crippen molar-refractivity contribution in [2.75, 3.05) is 12.8 Å². The fraction of sp³-hybridized carbons (Fsp3) is 0.444. The first-order valence-corrected chi connectivity index (χ1v) is 9.25. The molecule has 0 saturated carbocycles. The van der Waals surface area contributed by atoms with Crippen LogP contribution < -0.4 is 11.1 Å². The summed E-state index contributed by atoms with van der Waals surface area (Å²) in [7, 11) is 0. The number of carbonyl (C=O) groups excluding carboxylic acids is 1. The van der Waals surface area contributed by atoms with E-state index < -0.39 is 6.04 Å². The zero-order valence-electron chi connectivity index (χ0n) is 14.5. The molecule has 24 heavy (non-hydrogen) atoms. The molecule has 0 fully saturated rings. The fourth-order valence-corrected chi connectivity index (χ4v) is 2.43. The predicted octanol–water partition coefficient (Wildman–Crippen LogP) is 2.06. The van der Waals surface area contributed by atoms with Crippen molar-refractivity contribution in [3.63, 3.8) is 0 Å². The Balaban J connectivity index is 1.86. The van der Waals surface area contributed by atoms with E-state index in [9.17, 15) is 4.79 Å². The highest BCUT2D eigenvalue weighted by molar-refractivity contribution is 7.99. The molecule has 0 spiro atoms. The van der Waals surface area contributed by atoms with Crippen molar-refractivity contribution in [3.8, 4) is 0 Å². The molecule has 5 nitrogen and oxygen atoms in total. The van der Waals surface area contributed by atoms with E-state index >= 15 is 0 Å². The molecule has 6 heteroatoms. The molecule has 0 radical (unpaired) electrons. The maximum atomic E-state index is 12.1. The SMILES string of the molecule is CSC(C)(C)CNC(=O)[C@@H](N)Cc1cn(Cc2ccccc2)cn1. The Morgan fingerprint density at radius 1 is 1.38 bits per heavy atom. The van der Waals surface area contributed by atoms with Gasteiger partial charge in [0.15, 0.2) is 0 Å². The number of hydrogen-bond donors (Lipinski definition) is 2. The molecule has 1 heterocycles. The second kappa shape index (κ2) is 8.35. The number of benzene rings is 1. The lowest BCUT2D eigenvalue weighted by Gasteiger charge is -2.23. The Bertz CT molecular complexity index is 654. The number of amides is 1. The van der Waals surface area contributed by atoms with E-state index in [1.807, 2.05) is 35.2 Å². The molecule has 3 N–H and O–H groups in total. The standard InChI is InChI=1S/C18H26N4OS/c1-18(2,24-3)12-20-17(23)16(19)9-15-11-22(13-21-15)10-14-7-5-4-6-8-14/h4-8,11,13,16H,9-10,12,19H2,1-3H3,(H,20,23)/t16-/m0/s1. The molecule has 0 unspecified atom stereocenters. The molecular formula is C18H26N4OS. The van der Waals surface area contributed by atoms with Gasteiger partial charge in [-0.3, -0.25) is 4.79 Å². The summed E-state index contributed by atoms with van der Waals surface area (Å²) in [5.41, 5.74) is 8.06. The summed E-state index contributed by atoms with van der Waals surface area (Å²) in [5.74, 6) is -0.130. The van der Waals surface area contributed by atoms with Gasteiger partial charge in [0.05, 0.1) is 18.1 Å². The Kier molecular flexibility index (Phi) is 6.45. The van der Waals surface area contributed by atoms with Gasteiger partial charge in [-0.1, -0.05) is 30.3 Å². The van der Waals surface area contributed by atoms with Gasteiger partial charge in [-0.15, -0.1) is 0 Å². The van der Waals surface area contributed by atoms with Gasteiger partial charge in [-0.05, 0) is 25.7 Å². The lowest BCUT2D eigenvalue weighted by Crippen LogP contribution is -2.46. The van der Waals surface area contributed by atoms with Crippen LogP contribution in [0.4, 0.5) is 0 Å². The van der Waals surface area contributed by atoms with E-state index in [4.69, 9.17) is 5.73 Å². The quantitative estimate of drug-likeness (QED) is 0.767. The average Bonchev–Trinajstić information content (AvgIpc) is 3.00. The number of nitrogens with two attached hydrogens (primary N) is 1. The first-order valence-electron chi connectivity index (χ1n) is 8.02. The molecule has 0 aliphatic heterocycles. The smallest absolute Gasteiger partial charge is 0.237 e. The number of nitrogens with zero attached hydrogens (tertiary/aromatic N) is 2. The fourth-order valence-electron chi connectivity index (χ4n) is 2.21. The van der Waals surface area contributed by atoms with Crippen LogP contribution in [0, 0.1) is 0 Å². The second-order valence-electron chi connectivity index (χ2n) is 6.52. The highest BCUT2D eigenvalue weighted by Gasteiger charge is 2.20. The molecule has 1 atom stereocenters. The van der Waals surface area contributed by atoms with Gasteiger partial charge in [0.2, 0.25) is 5.91 Å². The van der Waals surface area contributed by atoms with E-state index in [2.05, 4.69) is 36.3 Å². The number of aromatic nitrogens is 2. The van der Waals surface area contributed by atoms with Gasteiger partial charge in [-0.2, -0.15) is 11.8 Å². The van der Waals surface area contributed by atoms with Crippen LogP contribution >= 0.6 is 11.8 Å². The van der Waals surface area contributed by atoms with Crippen LogP contribution in [0.1, 0.15) is 25.1 Å². The van der Waals surface area contributed by atoms with Gasteiger partial charge >= 0.3 is 0 Å². The average molecular weight is 346 g/mol. The van der Waals surface area contributed by atoms with E-state index in [1.165, 1.54) is 5.56 Å². The molecule has 2 aromatic rings. The van der Waals surface area contributed by atoms with E-state index in [1.54, 1.807) is 18.1 Å². The summed E-state index contributed by atoms with van der Waals surface area (Å²) < 4.78 is 2.01. The van der Waals surface area contributed by atoms with Crippen LogP contribution in [0.3, 0.4) is 0 Å². The number of nitrogens with one attached hydrogen (secondary N) is 1. The summed E-state index contributed by atoms with van der Waals surface area (Å²) in [6.07, 6.45) is 6.20. The number of hydrogen-bond acceptors (Lipinski definition) is 4. The molecule has 0 bridgehead atoms. The van der Waals surface area contributed by atoms with Crippen molar-refractivity contribution in [1.82, 2.24) is 14.9 Å². The molecule has 1 amide bonds. The van der Waals surface area contributed by atoms with Gasteiger partial charge < -0.3 is 15.6 Å². The highest BCUT2D eigenvalue weighted by Crippen LogP contribution is 2.19. The summed E-state index contributed by atoms with van der Waals surface area (Å²) >= 11 is 1.72. The zero-order chi connectivity index (χ0) is 17.6. The van der Waals surface area contributed by atoms with E-state index in [-0.39, 0.29) is 10.7 Å². The van der Waals surface area contributed by atoms with Crippen LogP contribution in [0.5, 0.6) is 0 Å². The van der Waals surface area contributed by atoms with E-state index in [0.717, 1.165) is 12.2 Å². The molecule has 1 aromatic heterocycles. The predicted molar refractivity (Wildman–Crippen MR) is 100 cm³/mol. The third-order valence-electron chi connectivity index (χ3n) is 3.90. The Morgan fingerprint density at radius 2 is 2.08 bits per heavy atom. The van der Waals surface area contributed by atoms with Crippen molar-refractivity contribution in [1.29, 1.82) is 0 Å². The molecular weight excluding hydrogens is 320 g/mol. The number of rotatable bonds is 8. The largest absolute Gasteiger partial charge is 0.353 e. The van der Waals surface area contributed by atoms with Crippen LogP contribution in [-0.2, 0) is 17.8 Å². The van der Waals surface area contributed by atoms with Crippen molar-refractivity contribution in [2.45, 2.75) is 37.6 Å². The van der Waals surface area contributed by atoms with Crippen molar-refractivity contribution < 1.29 is 4.79 Å². The Hall–Kier alpha value is -1.79. The van der Waals surface area contributed by atoms with E-state index in [0.29, 0.717) is 13.0 Å². The normalized spacial score (nSPS) is 12.8. The Labute approximate surface area is 148 Å². The minimum absolute atomic E-state index is 0.00659. The first kappa shape index (κ1) is 18.5.